The van der Waals surface area contributed by atoms with Crippen molar-refractivity contribution in [3.05, 3.63) is 77.1 Å². The van der Waals surface area contributed by atoms with E-state index in [-0.39, 0.29) is 24.2 Å². The van der Waals surface area contributed by atoms with Crippen LogP contribution in [-0.2, 0) is 17.5 Å². The van der Waals surface area contributed by atoms with E-state index >= 15 is 0 Å². The van der Waals surface area contributed by atoms with Crippen molar-refractivity contribution in [1.29, 1.82) is 0 Å². The van der Waals surface area contributed by atoms with Crippen LogP contribution in [0.4, 0.5) is 18.0 Å². The van der Waals surface area contributed by atoms with Crippen molar-refractivity contribution < 1.29 is 32.2 Å². The lowest BCUT2D eigenvalue weighted by molar-refractivity contribution is -0.141. The van der Waals surface area contributed by atoms with Crippen molar-refractivity contribution in [3.8, 4) is 11.4 Å². The van der Waals surface area contributed by atoms with Crippen LogP contribution >= 0.6 is 0 Å². The highest BCUT2D eigenvalue weighted by Gasteiger charge is 2.36. The molecular formula is C32H40F3N5O4. The van der Waals surface area contributed by atoms with E-state index in [0.717, 1.165) is 42.2 Å². The number of likely N-dealkylation sites (N-methyl/N-ethyl adjacent to an activating group) is 1. The minimum Gasteiger partial charge on any atom is -0.496 e. The van der Waals surface area contributed by atoms with Gasteiger partial charge in [-0.15, -0.1) is 0 Å². The number of piperidine rings is 1. The third kappa shape index (κ3) is 8.52. The fourth-order valence-corrected chi connectivity index (χ4v) is 5.12. The number of ether oxygens (including phenoxy) is 2. The number of nitrogens with zero attached hydrogens (tertiary/aromatic N) is 4. The molecule has 1 N–H and O–H groups in total. The summed E-state index contributed by atoms with van der Waals surface area (Å²) < 4.78 is 52.9. The Balaban J connectivity index is 1.44. The highest BCUT2D eigenvalue weighted by molar-refractivity contribution is 5.93. The Morgan fingerprint density at radius 3 is 2.41 bits per heavy atom. The molecule has 1 fully saturated rings. The lowest BCUT2D eigenvalue weighted by atomic mass is 9.89. The zero-order valence-corrected chi connectivity index (χ0v) is 25.8. The van der Waals surface area contributed by atoms with Gasteiger partial charge in [-0.2, -0.15) is 18.3 Å². The van der Waals surface area contributed by atoms with Crippen molar-refractivity contribution in [2.24, 2.45) is 0 Å². The quantitative estimate of drug-likeness (QED) is 0.324. The number of nitrogens with one attached hydrogen (secondary N) is 1. The number of carbonyl (C=O) groups excluding carboxylic acids is 2. The molecule has 0 atom stereocenters. The summed E-state index contributed by atoms with van der Waals surface area (Å²) in [6, 6.07) is 15.0. The first-order chi connectivity index (χ1) is 20.7. The Labute approximate surface area is 255 Å². The maximum absolute atomic E-state index is 13.7. The first-order valence-corrected chi connectivity index (χ1v) is 14.6. The van der Waals surface area contributed by atoms with E-state index in [4.69, 9.17) is 9.47 Å². The number of methoxy groups -OCH3 is 1. The molecule has 0 spiro atoms. The summed E-state index contributed by atoms with van der Waals surface area (Å²) in [5.74, 6) is 0.0651. The molecule has 0 saturated carbocycles. The highest BCUT2D eigenvalue weighted by atomic mass is 19.4. The number of alkyl halides is 3. The summed E-state index contributed by atoms with van der Waals surface area (Å²) >= 11 is 0. The summed E-state index contributed by atoms with van der Waals surface area (Å²) in [7, 11) is 3.23. The Morgan fingerprint density at radius 1 is 1.05 bits per heavy atom. The van der Waals surface area contributed by atoms with Crippen LogP contribution in [0.1, 0.15) is 66.8 Å². The van der Waals surface area contributed by atoms with Gasteiger partial charge in [0.1, 0.15) is 17.0 Å². The lowest BCUT2D eigenvalue weighted by Gasteiger charge is -2.33. The van der Waals surface area contributed by atoms with Crippen LogP contribution in [0, 0.1) is 0 Å². The number of amides is 2. The van der Waals surface area contributed by atoms with Gasteiger partial charge in [0.25, 0.3) is 5.91 Å². The molecule has 0 unspecified atom stereocenters. The van der Waals surface area contributed by atoms with E-state index in [9.17, 15) is 22.8 Å². The van der Waals surface area contributed by atoms with E-state index in [0.29, 0.717) is 30.1 Å². The second-order valence-electron chi connectivity index (χ2n) is 11.9. The molecule has 4 rings (SSSR count). The molecule has 1 aromatic heterocycles. The average Bonchev–Trinajstić information content (AvgIpc) is 3.45. The molecule has 1 saturated heterocycles. The highest BCUT2D eigenvalue weighted by Crippen LogP contribution is 2.32. The van der Waals surface area contributed by atoms with Crippen molar-refractivity contribution in [3.63, 3.8) is 0 Å². The van der Waals surface area contributed by atoms with Crippen LogP contribution in [-0.4, -0.2) is 77.5 Å². The van der Waals surface area contributed by atoms with Gasteiger partial charge in [-0.3, -0.25) is 4.79 Å². The summed E-state index contributed by atoms with van der Waals surface area (Å²) in [5, 5.41) is 6.49. The Morgan fingerprint density at radius 2 is 1.75 bits per heavy atom. The topological polar surface area (TPSA) is 88.9 Å². The fourth-order valence-electron chi connectivity index (χ4n) is 5.12. The van der Waals surface area contributed by atoms with Crippen LogP contribution in [0.25, 0.3) is 5.69 Å². The Bertz CT molecular complexity index is 1440. The first kappa shape index (κ1) is 32.8. The standard InChI is InChI=1S/C32H40F3N5O4/c1-31(2,3)44-30(42)38(4)17-18-39-15-13-22(14-16-39)23-10-8-11-25(19-23)40-26(20-28(37-40)32(33,34)35)29(41)36-21-24-9-6-7-12-27(24)43-5/h6-12,19-20,22H,13-18,21H2,1-5H3,(H,36,41). The molecule has 12 heteroatoms. The van der Waals surface area contributed by atoms with Crippen molar-refractivity contribution in [1.82, 2.24) is 24.9 Å². The van der Waals surface area contributed by atoms with E-state index in [2.05, 4.69) is 15.3 Å². The van der Waals surface area contributed by atoms with Gasteiger partial charge in [-0.05, 0) is 76.4 Å². The number of halogens is 3. The van der Waals surface area contributed by atoms with Crippen molar-refractivity contribution in [2.75, 3.05) is 40.3 Å². The zero-order valence-electron chi connectivity index (χ0n) is 25.8. The fraction of sp³-hybridized carbons (Fsp3) is 0.469. The number of rotatable bonds is 9. The van der Waals surface area contributed by atoms with Crippen LogP contribution in [0.5, 0.6) is 5.75 Å². The number of hydrogen-bond donors (Lipinski definition) is 1. The predicted octanol–water partition coefficient (Wildman–Crippen LogP) is 5.88. The number of likely N-dealkylation sites (tertiary alicyclic amines) is 1. The third-order valence-corrected chi connectivity index (χ3v) is 7.49. The molecule has 44 heavy (non-hydrogen) atoms. The molecule has 3 aromatic rings. The van der Waals surface area contributed by atoms with Gasteiger partial charge in [0.2, 0.25) is 0 Å². The number of benzene rings is 2. The minimum absolute atomic E-state index is 0.0710. The van der Waals surface area contributed by atoms with Crippen molar-refractivity contribution >= 4 is 12.0 Å². The molecule has 2 heterocycles. The molecule has 0 bridgehead atoms. The van der Waals surface area contributed by atoms with Gasteiger partial charge in [-0.25, -0.2) is 9.48 Å². The SMILES string of the molecule is COc1ccccc1CNC(=O)c1cc(C(F)(F)F)nn1-c1cccc(C2CCN(CCN(C)C(=O)OC(C)(C)C)CC2)c1. The van der Waals surface area contributed by atoms with Gasteiger partial charge in [0, 0.05) is 38.3 Å². The molecule has 2 amide bonds. The van der Waals surface area contributed by atoms with E-state index in [1.807, 2.05) is 26.8 Å². The number of carbonyl (C=O) groups is 2. The lowest BCUT2D eigenvalue weighted by Crippen LogP contribution is -2.41. The molecule has 238 valence electrons. The Hall–Kier alpha value is -4.06. The van der Waals surface area contributed by atoms with Crippen LogP contribution < -0.4 is 10.1 Å². The van der Waals surface area contributed by atoms with Crippen LogP contribution in [0.15, 0.2) is 54.6 Å². The second kappa shape index (κ2) is 13.7. The molecule has 1 aliphatic rings. The smallest absolute Gasteiger partial charge is 0.435 e. The normalized spacial score (nSPS) is 14.7. The van der Waals surface area contributed by atoms with Crippen LogP contribution in [0.2, 0.25) is 0 Å². The van der Waals surface area contributed by atoms with Crippen molar-refractivity contribution in [2.45, 2.75) is 57.9 Å². The number of aromatic nitrogens is 2. The summed E-state index contributed by atoms with van der Waals surface area (Å²) in [6.07, 6.45) is -3.38. The second-order valence-corrected chi connectivity index (χ2v) is 11.9. The number of para-hydroxylation sites is 1. The summed E-state index contributed by atoms with van der Waals surface area (Å²) in [4.78, 5) is 29.3. The summed E-state index contributed by atoms with van der Waals surface area (Å²) in [6.45, 7) is 8.45. The maximum atomic E-state index is 13.7. The van der Waals surface area contributed by atoms with Gasteiger partial charge in [-0.1, -0.05) is 30.3 Å². The molecule has 9 nitrogen and oxygen atoms in total. The molecule has 1 aliphatic heterocycles. The molecule has 2 aromatic carbocycles. The first-order valence-electron chi connectivity index (χ1n) is 14.6. The van der Waals surface area contributed by atoms with Gasteiger partial charge in [0.15, 0.2) is 5.69 Å². The minimum atomic E-state index is -4.72. The third-order valence-electron chi connectivity index (χ3n) is 7.49. The zero-order chi connectivity index (χ0) is 32.1. The van der Waals surface area contributed by atoms with Gasteiger partial charge >= 0.3 is 12.3 Å². The van der Waals surface area contributed by atoms with Gasteiger partial charge in [0.05, 0.1) is 12.8 Å². The van der Waals surface area contributed by atoms with Crippen LogP contribution in [0.3, 0.4) is 0 Å². The Kier molecular flexibility index (Phi) is 10.2. The van der Waals surface area contributed by atoms with E-state index in [1.165, 1.54) is 7.11 Å². The average molecular weight is 616 g/mol. The summed E-state index contributed by atoms with van der Waals surface area (Å²) in [5.41, 5.74) is 0.127. The van der Waals surface area contributed by atoms with E-state index < -0.39 is 23.4 Å². The predicted molar refractivity (Wildman–Crippen MR) is 160 cm³/mol. The van der Waals surface area contributed by atoms with Gasteiger partial charge < -0.3 is 24.6 Å². The molecule has 0 aliphatic carbocycles. The number of hydrogen-bond acceptors (Lipinski definition) is 6. The monoisotopic (exact) mass is 615 g/mol. The van der Waals surface area contributed by atoms with E-state index in [1.54, 1.807) is 54.4 Å². The maximum Gasteiger partial charge on any atom is 0.435 e. The molecule has 0 radical (unpaired) electrons. The largest absolute Gasteiger partial charge is 0.496 e. The molecular weight excluding hydrogens is 575 g/mol.